The van der Waals surface area contributed by atoms with Gasteiger partial charge in [-0.3, -0.25) is 9.59 Å². The van der Waals surface area contributed by atoms with E-state index in [0.29, 0.717) is 13.2 Å². The summed E-state index contributed by atoms with van der Waals surface area (Å²) >= 11 is 0. The van der Waals surface area contributed by atoms with Crippen LogP contribution >= 0.6 is 0 Å². The minimum absolute atomic E-state index is 0.0918. The molecule has 96 valence electrons. The molecular formula is C10H16N2O5. The average molecular weight is 244 g/mol. The first-order valence-corrected chi connectivity index (χ1v) is 5.36. The lowest BCUT2D eigenvalue weighted by atomic mass is 10.2. The summed E-state index contributed by atoms with van der Waals surface area (Å²) < 4.78 is 9.49. The van der Waals surface area contributed by atoms with Gasteiger partial charge in [0.25, 0.3) is 0 Å². The van der Waals surface area contributed by atoms with Crippen LogP contribution in [0.1, 0.15) is 6.92 Å². The first-order valence-electron chi connectivity index (χ1n) is 5.36. The standard InChI is InChI=1S/C10H16N2O5/c1-3-11-8(13)7-6-17-5-4-12(7)9(14)10(15)16-2/h7H,3-6H2,1-2H3,(H,11,13). The van der Waals surface area contributed by atoms with E-state index < -0.39 is 17.9 Å². The second-order valence-corrected chi connectivity index (χ2v) is 3.48. The number of likely N-dealkylation sites (N-methyl/N-ethyl adjacent to an activating group) is 1. The third-order valence-electron chi connectivity index (χ3n) is 2.40. The van der Waals surface area contributed by atoms with Crippen LogP contribution in [0.2, 0.25) is 0 Å². The molecule has 0 spiro atoms. The number of rotatable bonds is 2. The molecule has 1 aliphatic heterocycles. The average Bonchev–Trinajstić information content (AvgIpc) is 2.37. The third-order valence-corrected chi connectivity index (χ3v) is 2.40. The van der Waals surface area contributed by atoms with Crippen LogP contribution in [0.4, 0.5) is 0 Å². The summed E-state index contributed by atoms with van der Waals surface area (Å²) in [6.45, 7) is 2.83. The van der Waals surface area contributed by atoms with Gasteiger partial charge in [0, 0.05) is 13.1 Å². The lowest BCUT2D eigenvalue weighted by Crippen LogP contribution is -2.57. The second kappa shape index (κ2) is 6.19. The van der Waals surface area contributed by atoms with Gasteiger partial charge in [0.05, 0.1) is 20.3 Å². The number of esters is 1. The number of carbonyl (C=O) groups is 3. The largest absolute Gasteiger partial charge is 0.462 e. The monoisotopic (exact) mass is 244 g/mol. The maximum Gasteiger partial charge on any atom is 0.396 e. The van der Waals surface area contributed by atoms with Gasteiger partial charge in [-0.1, -0.05) is 0 Å². The second-order valence-electron chi connectivity index (χ2n) is 3.48. The lowest BCUT2D eigenvalue weighted by molar-refractivity contribution is -0.164. The Bertz CT molecular complexity index is 318. The molecule has 7 heteroatoms. The van der Waals surface area contributed by atoms with Crippen molar-refractivity contribution in [1.82, 2.24) is 10.2 Å². The number of methoxy groups -OCH3 is 1. The Morgan fingerprint density at radius 2 is 2.18 bits per heavy atom. The molecular weight excluding hydrogens is 228 g/mol. The SMILES string of the molecule is CCNC(=O)C1COCCN1C(=O)C(=O)OC. The highest BCUT2D eigenvalue weighted by atomic mass is 16.5. The molecule has 1 aliphatic rings. The van der Waals surface area contributed by atoms with Gasteiger partial charge in [0.15, 0.2) is 0 Å². The third kappa shape index (κ3) is 3.16. The predicted octanol–water partition coefficient (Wildman–Crippen LogP) is -1.48. The van der Waals surface area contributed by atoms with Gasteiger partial charge in [0.1, 0.15) is 6.04 Å². The van der Waals surface area contributed by atoms with Crippen LogP contribution in [0.3, 0.4) is 0 Å². The van der Waals surface area contributed by atoms with Crippen molar-refractivity contribution in [2.45, 2.75) is 13.0 Å². The summed E-state index contributed by atoms with van der Waals surface area (Å²) in [5.74, 6) is -2.11. The number of hydrogen-bond acceptors (Lipinski definition) is 5. The number of amides is 2. The Balaban J connectivity index is 2.75. The van der Waals surface area contributed by atoms with Gasteiger partial charge in [-0.2, -0.15) is 0 Å². The highest BCUT2D eigenvalue weighted by molar-refractivity contribution is 6.32. The van der Waals surface area contributed by atoms with Crippen LogP contribution in [0.15, 0.2) is 0 Å². The molecule has 1 unspecified atom stereocenters. The summed E-state index contributed by atoms with van der Waals surface area (Å²) in [4.78, 5) is 35.7. The van der Waals surface area contributed by atoms with Crippen molar-refractivity contribution < 1.29 is 23.9 Å². The van der Waals surface area contributed by atoms with Crippen molar-refractivity contribution in [3.8, 4) is 0 Å². The summed E-state index contributed by atoms with van der Waals surface area (Å²) in [5.41, 5.74) is 0. The number of carbonyl (C=O) groups excluding carboxylic acids is 3. The fourth-order valence-corrected chi connectivity index (χ4v) is 1.56. The van der Waals surface area contributed by atoms with Crippen LogP contribution in [0, 0.1) is 0 Å². The summed E-state index contributed by atoms with van der Waals surface area (Å²) in [5, 5.41) is 2.59. The number of nitrogens with one attached hydrogen (secondary N) is 1. The van der Waals surface area contributed by atoms with Crippen molar-refractivity contribution in [1.29, 1.82) is 0 Å². The van der Waals surface area contributed by atoms with E-state index >= 15 is 0 Å². The van der Waals surface area contributed by atoms with Gasteiger partial charge < -0.3 is 19.7 Å². The highest BCUT2D eigenvalue weighted by Crippen LogP contribution is 2.08. The maximum absolute atomic E-state index is 11.7. The van der Waals surface area contributed by atoms with E-state index in [1.165, 1.54) is 4.90 Å². The molecule has 7 nitrogen and oxygen atoms in total. The van der Waals surface area contributed by atoms with Crippen molar-refractivity contribution in [3.05, 3.63) is 0 Å². The molecule has 1 saturated heterocycles. The van der Waals surface area contributed by atoms with Crippen molar-refractivity contribution in [2.24, 2.45) is 0 Å². The number of ether oxygens (including phenoxy) is 2. The van der Waals surface area contributed by atoms with Crippen LogP contribution < -0.4 is 5.32 Å². The molecule has 0 saturated carbocycles. The topological polar surface area (TPSA) is 84.9 Å². The zero-order valence-corrected chi connectivity index (χ0v) is 9.89. The number of morpholine rings is 1. The Morgan fingerprint density at radius 1 is 1.47 bits per heavy atom. The molecule has 1 fully saturated rings. The van der Waals surface area contributed by atoms with E-state index in [-0.39, 0.29) is 19.1 Å². The molecule has 0 aromatic rings. The highest BCUT2D eigenvalue weighted by Gasteiger charge is 2.35. The summed E-state index contributed by atoms with van der Waals surface area (Å²) in [7, 11) is 1.13. The zero-order valence-electron chi connectivity index (χ0n) is 9.89. The van der Waals surface area contributed by atoms with Gasteiger partial charge in [-0.05, 0) is 6.92 Å². The van der Waals surface area contributed by atoms with Crippen LogP contribution in [-0.2, 0) is 23.9 Å². The quantitative estimate of drug-likeness (QED) is 0.473. The van der Waals surface area contributed by atoms with E-state index in [0.717, 1.165) is 7.11 Å². The van der Waals surface area contributed by atoms with E-state index in [1.807, 2.05) is 0 Å². The predicted molar refractivity (Wildman–Crippen MR) is 57.0 cm³/mol. The van der Waals surface area contributed by atoms with Gasteiger partial charge in [0.2, 0.25) is 5.91 Å². The summed E-state index contributed by atoms with van der Waals surface area (Å²) in [6, 6.07) is -0.768. The molecule has 17 heavy (non-hydrogen) atoms. The molecule has 0 radical (unpaired) electrons. The number of hydrogen-bond donors (Lipinski definition) is 1. The normalized spacial score (nSPS) is 19.6. The fraction of sp³-hybridized carbons (Fsp3) is 0.700. The van der Waals surface area contributed by atoms with Gasteiger partial charge in [-0.15, -0.1) is 0 Å². The molecule has 1 rings (SSSR count). The fourth-order valence-electron chi connectivity index (χ4n) is 1.56. The Labute approximate surface area is 99.0 Å². The summed E-state index contributed by atoms with van der Waals surface area (Å²) in [6.07, 6.45) is 0. The van der Waals surface area contributed by atoms with Crippen molar-refractivity contribution in [3.63, 3.8) is 0 Å². The van der Waals surface area contributed by atoms with E-state index in [1.54, 1.807) is 6.92 Å². The van der Waals surface area contributed by atoms with Gasteiger partial charge in [-0.25, -0.2) is 4.79 Å². The first kappa shape index (κ1) is 13.4. The molecule has 1 atom stereocenters. The molecule has 1 heterocycles. The van der Waals surface area contributed by atoms with Gasteiger partial charge >= 0.3 is 11.9 Å². The molecule has 2 amide bonds. The van der Waals surface area contributed by atoms with E-state index in [2.05, 4.69) is 10.1 Å². The molecule has 0 aromatic carbocycles. The van der Waals surface area contributed by atoms with E-state index in [4.69, 9.17) is 4.74 Å². The smallest absolute Gasteiger partial charge is 0.396 e. The molecule has 0 aliphatic carbocycles. The minimum Gasteiger partial charge on any atom is -0.462 e. The Morgan fingerprint density at radius 3 is 2.76 bits per heavy atom. The number of nitrogens with zero attached hydrogens (tertiary/aromatic N) is 1. The Hall–Kier alpha value is -1.63. The van der Waals surface area contributed by atoms with Crippen LogP contribution in [-0.4, -0.2) is 62.1 Å². The Kier molecular flexibility index (Phi) is 4.89. The molecule has 1 N–H and O–H groups in total. The zero-order chi connectivity index (χ0) is 12.8. The van der Waals surface area contributed by atoms with E-state index in [9.17, 15) is 14.4 Å². The van der Waals surface area contributed by atoms with Crippen molar-refractivity contribution >= 4 is 17.8 Å². The maximum atomic E-state index is 11.7. The molecule has 0 aromatic heterocycles. The van der Waals surface area contributed by atoms with Crippen LogP contribution in [0.25, 0.3) is 0 Å². The van der Waals surface area contributed by atoms with Crippen LogP contribution in [0.5, 0.6) is 0 Å². The minimum atomic E-state index is -0.971. The first-order chi connectivity index (χ1) is 8.11. The lowest BCUT2D eigenvalue weighted by Gasteiger charge is -2.33. The molecule has 0 bridgehead atoms. The van der Waals surface area contributed by atoms with Crippen molar-refractivity contribution in [2.75, 3.05) is 33.4 Å².